The van der Waals surface area contributed by atoms with Gasteiger partial charge in [0.15, 0.2) is 0 Å². The Morgan fingerprint density at radius 3 is 2.19 bits per heavy atom. The fraction of sp³-hybridized carbons (Fsp3) is 0.273. The molecule has 2 heterocycles. The fourth-order valence-electron chi connectivity index (χ4n) is 6.28. The molecule has 276 valence electrons. The second-order valence-electron chi connectivity index (χ2n) is 13.4. The number of carbonyl (C=O) groups excluding carboxylic acids is 1. The van der Waals surface area contributed by atoms with E-state index in [1.165, 1.54) is 16.7 Å². The number of hydrogen-bond donors (Lipinski definition) is 0. The molecule has 6 rings (SSSR count). The number of allylic oxidation sites excluding steroid dienone is 1. The maximum Gasteiger partial charge on any atom is 0.219 e. The van der Waals surface area contributed by atoms with E-state index >= 15 is 0 Å². The van der Waals surface area contributed by atoms with Gasteiger partial charge in [0.25, 0.3) is 0 Å². The van der Waals surface area contributed by atoms with E-state index in [1.807, 2.05) is 55.5 Å². The number of benzene rings is 4. The van der Waals surface area contributed by atoms with Crippen molar-refractivity contribution in [1.82, 2.24) is 14.8 Å². The molecular weight excluding hydrogens is 705 g/mol. The zero-order chi connectivity index (χ0) is 36.3. The smallest absolute Gasteiger partial charge is 0.219 e. The van der Waals surface area contributed by atoms with Crippen molar-refractivity contribution in [2.45, 2.75) is 46.3 Å². The average molecular weight is 753 g/mol. The topological polar surface area (TPSA) is 64.1 Å². The number of aldehydes is 1. The van der Waals surface area contributed by atoms with E-state index in [0.717, 1.165) is 73.6 Å². The Hall–Kier alpha value is -4.82. The van der Waals surface area contributed by atoms with Gasteiger partial charge >= 0.3 is 0 Å². The predicted molar refractivity (Wildman–Crippen MR) is 216 cm³/mol. The van der Waals surface area contributed by atoms with Gasteiger partial charge in [0.2, 0.25) is 5.88 Å². The number of rotatable bonds is 15. The Labute approximate surface area is 324 Å². The summed E-state index contributed by atoms with van der Waals surface area (Å²) in [5, 5.41) is 0.668. The Morgan fingerprint density at radius 1 is 0.830 bits per heavy atom. The van der Waals surface area contributed by atoms with Crippen molar-refractivity contribution in [3.05, 3.63) is 154 Å². The molecule has 0 spiro atoms. The molecule has 0 saturated carbocycles. The molecule has 7 nitrogen and oxygen atoms in total. The third kappa shape index (κ3) is 11.1. The quantitative estimate of drug-likeness (QED) is 0.0780. The molecule has 53 heavy (non-hydrogen) atoms. The third-order valence-corrected chi connectivity index (χ3v) is 9.70. The average Bonchev–Trinajstić information content (AvgIpc) is 3.16. The summed E-state index contributed by atoms with van der Waals surface area (Å²) in [4.78, 5) is 20.9. The van der Waals surface area contributed by atoms with Crippen molar-refractivity contribution in [3.8, 4) is 23.1 Å². The number of aryl methyl sites for hydroxylation is 1. The second-order valence-corrected chi connectivity index (χ2v) is 13.8. The first-order chi connectivity index (χ1) is 25.3. The lowest BCUT2D eigenvalue weighted by Gasteiger charge is -2.37. The van der Waals surface area contributed by atoms with Crippen LogP contribution >= 0.6 is 24.0 Å². The molecule has 0 bridgehead atoms. The normalized spacial score (nSPS) is 13.4. The summed E-state index contributed by atoms with van der Waals surface area (Å²) in [6.07, 6.45) is 5.05. The highest BCUT2D eigenvalue weighted by Crippen LogP contribution is 2.30. The lowest BCUT2D eigenvalue weighted by atomic mass is 10.0. The van der Waals surface area contributed by atoms with E-state index in [2.05, 4.69) is 77.2 Å². The van der Waals surface area contributed by atoms with Crippen molar-refractivity contribution in [2.75, 3.05) is 32.8 Å². The summed E-state index contributed by atoms with van der Waals surface area (Å²) in [6.45, 7) is 11.8. The number of aromatic nitrogens is 1. The molecule has 0 amide bonds. The molecule has 4 aromatic carbocycles. The van der Waals surface area contributed by atoms with Gasteiger partial charge in [0.1, 0.15) is 30.1 Å². The minimum absolute atomic E-state index is 0. The van der Waals surface area contributed by atoms with E-state index in [9.17, 15) is 4.79 Å². The predicted octanol–water partition coefficient (Wildman–Crippen LogP) is 9.94. The monoisotopic (exact) mass is 751 g/mol. The van der Waals surface area contributed by atoms with Gasteiger partial charge in [-0.2, -0.15) is 0 Å². The molecule has 0 radical (unpaired) electrons. The van der Waals surface area contributed by atoms with E-state index < -0.39 is 0 Å². The van der Waals surface area contributed by atoms with Crippen LogP contribution in [0.4, 0.5) is 0 Å². The van der Waals surface area contributed by atoms with Crippen molar-refractivity contribution >= 4 is 36.0 Å². The summed E-state index contributed by atoms with van der Waals surface area (Å²) in [5.41, 5.74) is 7.76. The zero-order valence-electron chi connectivity index (χ0n) is 30.5. The van der Waals surface area contributed by atoms with Crippen LogP contribution in [0.5, 0.6) is 23.1 Å². The zero-order valence-corrected chi connectivity index (χ0v) is 32.1. The van der Waals surface area contributed by atoms with E-state index in [-0.39, 0.29) is 12.4 Å². The molecule has 5 aromatic rings. The number of piperazine rings is 1. The van der Waals surface area contributed by atoms with E-state index in [4.69, 9.17) is 25.8 Å². The summed E-state index contributed by atoms with van der Waals surface area (Å²) < 4.78 is 17.9. The molecule has 1 aliphatic rings. The number of hydrogen-bond acceptors (Lipinski definition) is 7. The van der Waals surface area contributed by atoms with Crippen molar-refractivity contribution in [1.29, 1.82) is 0 Å². The first kappa shape index (κ1) is 39.4. The van der Waals surface area contributed by atoms with Gasteiger partial charge in [-0.05, 0) is 77.6 Å². The van der Waals surface area contributed by atoms with Gasteiger partial charge in [0.05, 0.1) is 12.8 Å². The summed E-state index contributed by atoms with van der Waals surface area (Å²) >= 11 is 6.23. The van der Waals surface area contributed by atoms with Gasteiger partial charge in [-0.25, -0.2) is 4.98 Å². The second kappa shape index (κ2) is 19.3. The van der Waals surface area contributed by atoms with Gasteiger partial charge in [-0.1, -0.05) is 80.0 Å². The van der Waals surface area contributed by atoms with E-state index in [0.29, 0.717) is 41.5 Å². The number of halogens is 2. The SMILES string of the molecule is Cc1cc(Oc2ccc(OCc3ccccc3Cl)cn2)ccc1/C(=C\C=O)N1CCN(Cc2ccc(CCOc3ccc(C(C)C)cc3)cc2)CC1.Cl. The molecule has 1 saturated heterocycles. The molecule has 1 fully saturated rings. The minimum atomic E-state index is 0. The van der Waals surface area contributed by atoms with Gasteiger partial charge < -0.3 is 19.1 Å². The minimum Gasteiger partial charge on any atom is -0.493 e. The van der Waals surface area contributed by atoms with Gasteiger partial charge in [0, 0.05) is 73.1 Å². The van der Waals surface area contributed by atoms with Crippen molar-refractivity contribution < 1.29 is 19.0 Å². The maximum atomic E-state index is 11.8. The number of pyridine rings is 1. The lowest BCUT2D eigenvalue weighted by Crippen LogP contribution is -2.45. The highest BCUT2D eigenvalue weighted by molar-refractivity contribution is 6.31. The number of carbonyl (C=O) groups is 1. The van der Waals surface area contributed by atoms with Crippen LogP contribution < -0.4 is 14.2 Å². The molecule has 0 aliphatic carbocycles. The molecule has 0 atom stereocenters. The van der Waals surface area contributed by atoms with Crippen LogP contribution in [0.1, 0.15) is 53.1 Å². The Bertz CT molecular complexity index is 1940. The van der Waals surface area contributed by atoms with Crippen LogP contribution in [0.15, 0.2) is 115 Å². The van der Waals surface area contributed by atoms with Crippen LogP contribution in [0.2, 0.25) is 5.02 Å². The molecule has 0 unspecified atom stereocenters. The van der Waals surface area contributed by atoms with E-state index in [1.54, 1.807) is 18.3 Å². The molecule has 9 heteroatoms. The number of ether oxygens (including phenoxy) is 3. The van der Waals surface area contributed by atoms with Crippen molar-refractivity contribution in [3.63, 3.8) is 0 Å². The molecule has 0 N–H and O–H groups in total. The summed E-state index contributed by atoms with van der Waals surface area (Å²) in [6, 6.07) is 34.4. The van der Waals surface area contributed by atoms with Crippen LogP contribution in [0, 0.1) is 6.92 Å². The summed E-state index contributed by atoms with van der Waals surface area (Å²) in [5.74, 6) is 3.19. The fourth-order valence-corrected chi connectivity index (χ4v) is 6.47. The van der Waals surface area contributed by atoms with Crippen LogP contribution in [-0.4, -0.2) is 53.9 Å². The van der Waals surface area contributed by atoms with Crippen LogP contribution in [-0.2, 0) is 24.4 Å². The van der Waals surface area contributed by atoms with Crippen molar-refractivity contribution in [2.24, 2.45) is 0 Å². The largest absolute Gasteiger partial charge is 0.493 e. The molecular formula is C44H47Cl2N3O4. The Balaban J connectivity index is 0.00000541. The third-order valence-electron chi connectivity index (χ3n) is 9.33. The Kier molecular flexibility index (Phi) is 14.4. The molecule has 1 aromatic heterocycles. The summed E-state index contributed by atoms with van der Waals surface area (Å²) in [7, 11) is 0. The standard InChI is InChI=1S/C44H46ClN3O4.ClH/c1-32(2)36-12-14-38(15-13-36)50-27-21-34-8-10-35(11-9-34)30-47-22-24-48(25-23-47)43(20-26-49)41-18-16-39(28-33(41)3)52-44-19-17-40(29-46-44)51-31-37-6-4-5-7-42(37)45;/h4-20,26,28-29,32H,21-25,27,30-31H2,1-3H3;1H/b43-20+;. The highest BCUT2D eigenvalue weighted by Gasteiger charge is 2.21. The first-order valence-corrected chi connectivity index (χ1v) is 18.3. The maximum absolute atomic E-state index is 11.8. The number of nitrogens with zero attached hydrogens (tertiary/aromatic N) is 3. The van der Waals surface area contributed by atoms with Gasteiger partial charge in [-0.3, -0.25) is 9.69 Å². The van der Waals surface area contributed by atoms with Gasteiger partial charge in [-0.15, -0.1) is 12.4 Å². The Morgan fingerprint density at radius 2 is 1.53 bits per heavy atom. The highest BCUT2D eigenvalue weighted by atomic mass is 35.5. The first-order valence-electron chi connectivity index (χ1n) is 17.9. The lowest BCUT2D eigenvalue weighted by molar-refractivity contribution is -0.104. The molecule has 1 aliphatic heterocycles. The van der Waals surface area contributed by atoms with Crippen LogP contribution in [0.3, 0.4) is 0 Å². The van der Waals surface area contributed by atoms with Crippen LogP contribution in [0.25, 0.3) is 5.70 Å².